The van der Waals surface area contributed by atoms with Gasteiger partial charge in [-0.1, -0.05) is 12.1 Å². The van der Waals surface area contributed by atoms with Crippen LogP contribution in [-0.2, 0) is 21.2 Å². The summed E-state index contributed by atoms with van der Waals surface area (Å²) in [6.07, 6.45) is 0.353. The van der Waals surface area contributed by atoms with Crippen LogP contribution < -0.4 is 10.9 Å². The average Bonchev–Trinajstić information content (AvgIpc) is 2.89. The van der Waals surface area contributed by atoms with Crippen molar-refractivity contribution < 1.29 is 17.6 Å². The monoisotopic (exact) mass is 365 g/mol. The molecule has 0 bridgehead atoms. The van der Waals surface area contributed by atoms with Gasteiger partial charge in [-0.2, -0.15) is 5.10 Å². The Kier molecular flexibility index (Phi) is 4.67. The van der Waals surface area contributed by atoms with Crippen molar-refractivity contribution in [3.05, 3.63) is 52.6 Å². The predicted octanol–water partition coefficient (Wildman–Crippen LogP) is 0.353. The molecule has 7 nitrogen and oxygen atoms in total. The molecule has 1 aromatic heterocycles. The van der Waals surface area contributed by atoms with Crippen molar-refractivity contribution in [2.24, 2.45) is 0 Å². The molecule has 0 radical (unpaired) electrons. The third-order valence-electron chi connectivity index (χ3n) is 3.91. The summed E-state index contributed by atoms with van der Waals surface area (Å²) >= 11 is 0. The van der Waals surface area contributed by atoms with Crippen LogP contribution in [0.4, 0.5) is 4.39 Å². The van der Waals surface area contributed by atoms with Gasteiger partial charge in [0.05, 0.1) is 17.2 Å². The Balaban J connectivity index is 1.76. The van der Waals surface area contributed by atoms with E-state index < -0.39 is 33.2 Å². The Bertz CT molecular complexity index is 971. The van der Waals surface area contributed by atoms with E-state index in [2.05, 4.69) is 10.4 Å². The highest BCUT2D eigenvalue weighted by atomic mass is 32.2. The highest BCUT2D eigenvalue weighted by Gasteiger charge is 2.29. The Morgan fingerprint density at radius 1 is 1.28 bits per heavy atom. The second-order valence-corrected chi connectivity index (χ2v) is 8.09. The minimum atomic E-state index is -3.11. The Labute approximate surface area is 143 Å². The molecule has 1 atom stereocenters. The van der Waals surface area contributed by atoms with Gasteiger partial charge in [0.1, 0.15) is 12.4 Å². The number of benzene rings is 1. The van der Waals surface area contributed by atoms with E-state index in [1.807, 2.05) is 0 Å². The van der Waals surface area contributed by atoms with E-state index in [-0.39, 0.29) is 29.3 Å². The summed E-state index contributed by atoms with van der Waals surface area (Å²) in [5, 5.41) is 6.62. The number of sulfone groups is 1. The molecule has 2 heterocycles. The number of rotatable bonds is 4. The lowest BCUT2D eigenvalue weighted by atomic mass is 10.1. The molecule has 1 fully saturated rings. The first-order valence-corrected chi connectivity index (χ1v) is 9.49. The molecule has 9 heteroatoms. The van der Waals surface area contributed by atoms with Gasteiger partial charge in [-0.05, 0) is 24.6 Å². The molecule has 1 aliphatic rings. The third kappa shape index (κ3) is 4.11. The van der Waals surface area contributed by atoms with Crippen molar-refractivity contribution in [3.8, 4) is 11.3 Å². The fourth-order valence-electron chi connectivity index (χ4n) is 2.69. The van der Waals surface area contributed by atoms with Gasteiger partial charge in [0.2, 0.25) is 5.91 Å². The normalized spacial score (nSPS) is 18.8. The van der Waals surface area contributed by atoms with E-state index in [1.54, 1.807) is 6.07 Å². The van der Waals surface area contributed by atoms with Gasteiger partial charge in [0.15, 0.2) is 9.84 Å². The number of nitrogens with zero attached hydrogens (tertiary/aromatic N) is 2. The fourth-order valence-corrected chi connectivity index (χ4v) is 4.37. The largest absolute Gasteiger partial charge is 0.351 e. The minimum Gasteiger partial charge on any atom is -0.351 e. The van der Waals surface area contributed by atoms with Crippen molar-refractivity contribution >= 4 is 15.7 Å². The summed E-state index contributed by atoms with van der Waals surface area (Å²) in [6, 6.07) is 8.12. The van der Waals surface area contributed by atoms with Crippen LogP contribution in [0.15, 0.2) is 41.2 Å². The maximum atomic E-state index is 13.8. The van der Waals surface area contributed by atoms with E-state index in [9.17, 15) is 22.4 Å². The lowest BCUT2D eigenvalue weighted by Crippen LogP contribution is -2.40. The molecule has 0 aliphatic carbocycles. The van der Waals surface area contributed by atoms with Gasteiger partial charge < -0.3 is 5.32 Å². The summed E-state index contributed by atoms with van der Waals surface area (Å²) in [6.45, 7) is -0.363. The molecule has 1 aliphatic heterocycles. The Morgan fingerprint density at radius 2 is 2.04 bits per heavy atom. The molecule has 25 heavy (non-hydrogen) atoms. The highest BCUT2D eigenvalue weighted by Crippen LogP contribution is 2.18. The number of halogens is 1. The van der Waals surface area contributed by atoms with E-state index in [0.717, 1.165) is 4.68 Å². The minimum absolute atomic E-state index is 0.0406. The van der Waals surface area contributed by atoms with Gasteiger partial charge in [-0.15, -0.1) is 0 Å². The van der Waals surface area contributed by atoms with Crippen LogP contribution in [0.5, 0.6) is 0 Å². The molecule has 1 aromatic carbocycles. The number of carbonyl (C=O) groups is 1. The van der Waals surface area contributed by atoms with E-state index >= 15 is 0 Å². The number of aromatic nitrogens is 2. The lowest BCUT2D eigenvalue weighted by Gasteiger charge is -2.12. The quantitative estimate of drug-likeness (QED) is 0.843. The second-order valence-electron chi connectivity index (χ2n) is 5.86. The first kappa shape index (κ1) is 17.3. The number of nitrogens with one attached hydrogen (secondary N) is 1. The molecular weight excluding hydrogens is 349 g/mol. The summed E-state index contributed by atoms with van der Waals surface area (Å²) in [4.78, 5) is 24.0. The van der Waals surface area contributed by atoms with E-state index in [4.69, 9.17) is 0 Å². The molecule has 0 spiro atoms. The van der Waals surface area contributed by atoms with Crippen molar-refractivity contribution in [2.45, 2.75) is 19.0 Å². The molecular formula is C16H16FN3O4S. The molecule has 3 rings (SSSR count). The van der Waals surface area contributed by atoms with Crippen LogP contribution in [0.2, 0.25) is 0 Å². The fraction of sp³-hybridized carbons (Fsp3) is 0.312. The maximum absolute atomic E-state index is 13.8. The van der Waals surface area contributed by atoms with Crippen LogP contribution in [0.1, 0.15) is 6.42 Å². The van der Waals surface area contributed by atoms with E-state index in [0.29, 0.717) is 6.42 Å². The SMILES string of the molecule is O=C(Cn1nc(-c2ccccc2F)ccc1=O)N[C@@H]1CCS(=O)(=O)C1. The van der Waals surface area contributed by atoms with Crippen LogP contribution in [0.25, 0.3) is 11.3 Å². The molecule has 2 aromatic rings. The third-order valence-corrected chi connectivity index (χ3v) is 5.68. The average molecular weight is 365 g/mol. The van der Waals surface area contributed by atoms with Gasteiger partial charge >= 0.3 is 0 Å². The van der Waals surface area contributed by atoms with Crippen molar-refractivity contribution in [2.75, 3.05) is 11.5 Å². The Hall–Kier alpha value is -2.55. The van der Waals surface area contributed by atoms with Crippen LogP contribution in [-0.4, -0.2) is 41.7 Å². The lowest BCUT2D eigenvalue weighted by molar-refractivity contribution is -0.122. The molecule has 1 N–H and O–H groups in total. The number of carbonyl (C=O) groups excluding carboxylic acids is 1. The molecule has 0 unspecified atom stereocenters. The first-order chi connectivity index (χ1) is 11.8. The molecule has 0 saturated carbocycles. The number of hydrogen-bond donors (Lipinski definition) is 1. The van der Waals surface area contributed by atoms with Crippen molar-refractivity contribution in [3.63, 3.8) is 0 Å². The number of hydrogen-bond acceptors (Lipinski definition) is 5. The van der Waals surface area contributed by atoms with Gasteiger partial charge in [0.25, 0.3) is 5.56 Å². The molecule has 1 saturated heterocycles. The molecule has 1 amide bonds. The van der Waals surface area contributed by atoms with Crippen LogP contribution in [0.3, 0.4) is 0 Å². The predicted molar refractivity (Wildman–Crippen MR) is 89.1 cm³/mol. The zero-order valence-electron chi connectivity index (χ0n) is 13.2. The maximum Gasteiger partial charge on any atom is 0.267 e. The second kappa shape index (κ2) is 6.75. The first-order valence-electron chi connectivity index (χ1n) is 7.67. The molecule has 132 valence electrons. The zero-order valence-corrected chi connectivity index (χ0v) is 14.0. The van der Waals surface area contributed by atoms with Crippen LogP contribution >= 0.6 is 0 Å². The highest BCUT2D eigenvalue weighted by molar-refractivity contribution is 7.91. The number of amides is 1. The topological polar surface area (TPSA) is 98.1 Å². The van der Waals surface area contributed by atoms with E-state index in [1.165, 1.54) is 30.3 Å². The zero-order chi connectivity index (χ0) is 18.0. The van der Waals surface area contributed by atoms with Gasteiger partial charge in [-0.3, -0.25) is 9.59 Å². The Morgan fingerprint density at radius 3 is 2.72 bits per heavy atom. The smallest absolute Gasteiger partial charge is 0.267 e. The standard InChI is InChI=1S/C16H16FN3O4S/c17-13-4-2-1-3-12(13)14-5-6-16(22)20(19-14)9-15(21)18-11-7-8-25(23,24)10-11/h1-6,11H,7-10H2,(H,18,21)/t11-/m1/s1. The summed E-state index contributed by atoms with van der Waals surface area (Å²) in [7, 11) is -3.11. The summed E-state index contributed by atoms with van der Waals surface area (Å²) in [5.41, 5.74) is -0.0539. The summed E-state index contributed by atoms with van der Waals surface area (Å²) in [5.74, 6) is -1.06. The van der Waals surface area contributed by atoms with Gasteiger partial charge in [0, 0.05) is 17.7 Å². The van der Waals surface area contributed by atoms with Crippen molar-refractivity contribution in [1.82, 2.24) is 15.1 Å². The van der Waals surface area contributed by atoms with Crippen LogP contribution in [0, 0.1) is 5.82 Å². The summed E-state index contributed by atoms with van der Waals surface area (Å²) < 4.78 is 37.6. The van der Waals surface area contributed by atoms with Crippen molar-refractivity contribution in [1.29, 1.82) is 0 Å². The van der Waals surface area contributed by atoms with Gasteiger partial charge in [-0.25, -0.2) is 17.5 Å².